The SMILES string of the molecule is CC/C=C\C/C=C\C/C=C\C/C=C\C/C=C\CCCCCCCC(=O)OC(COC(=O)CCCCCCCCCCCCCCCCCCCCCCCCCC/C=C\C/C=C\C/C=C\C/C=C\CC)COP(=O)(O)OCC[N+](C)(C)C. The van der Waals surface area contributed by atoms with E-state index in [1.807, 2.05) is 21.1 Å². The molecule has 0 aromatic heterocycles. The van der Waals surface area contributed by atoms with Gasteiger partial charge in [-0.15, -0.1) is 0 Å². The van der Waals surface area contributed by atoms with Crippen LogP contribution in [-0.2, 0) is 32.7 Å². The summed E-state index contributed by atoms with van der Waals surface area (Å²) in [6.07, 6.45) is 87.7. The first-order chi connectivity index (χ1) is 40.0. The van der Waals surface area contributed by atoms with Gasteiger partial charge in [-0.3, -0.25) is 18.6 Å². The standard InChI is InChI=1S/C72H126NO8P/c1-6-8-10-12-14-16-18-20-22-24-26-28-29-30-31-32-33-34-35-36-37-38-39-40-41-42-43-45-46-48-50-52-54-56-58-60-62-64-71(74)78-68-70(69-80-82(76,77)79-67-66-73(3,4)5)81-72(75)65-63-61-59-57-55-53-51-49-47-44-27-25-23-21-19-17-15-13-11-9-7-2/h8-11,14-17,20-23,26-28,44,49,51,70H,6-7,12-13,18-19,24-25,29-43,45-48,50,52-69H2,1-5H3/p+1/b10-8-,11-9-,16-14-,17-15-,22-20-,23-21-,28-26-,44-27-,51-49-. The van der Waals surface area contributed by atoms with Gasteiger partial charge in [-0.25, -0.2) is 4.57 Å². The zero-order valence-corrected chi connectivity index (χ0v) is 54.6. The van der Waals surface area contributed by atoms with Gasteiger partial charge in [0.1, 0.15) is 19.8 Å². The lowest BCUT2D eigenvalue weighted by atomic mass is 10.0. The average molecular weight is 1170 g/mol. The molecule has 0 aliphatic heterocycles. The number of likely N-dealkylation sites (N-methyl/N-ethyl adjacent to an activating group) is 1. The summed E-state index contributed by atoms with van der Waals surface area (Å²) in [5.74, 6) is -0.815. The number of carbonyl (C=O) groups is 2. The number of rotatable bonds is 61. The molecule has 0 amide bonds. The molecule has 1 N–H and O–H groups in total. The van der Waals surface area contributed by atoms with Crippen molar-refractivity contribution in [2.75, 3.05) is 47.5 Å². The Morgan fingerprint density at radius 2 is 0.659 bits per heavy atom. The first-order valence-corrected chi connectivity index (χ1v) is 35.1. The Balaban J connectivity index is 4.00. The predicted octanol–water partition coefficient (Wildman–Crippen LogP) is 21.7. The quantitative estimate of drug-likeness (QED) is 0.0211. The summed E-state index contributed by atoms with van der Waals surface area (Å²) in [5.41, 5.74) is 0. The van der Waals surface area contributed by atoms with Crippen LogP contribution >= 0.6 is 7.82 Å². The summed E-state index contributed by atoms with van der Waals surface area (Å²) in [7, 11) is 1.46. The molecule has 0 aromatic carbocycles. The van der Waals surface area contributed by atoms with Gasteiger partial charge in [-0.05, 0) is 96.3 Å². The summed E-state index contributed by atoms with van der Waals surface area (Å²) in [6.45, 7) is 4.20. The number of ether oxygens (including phenoxy) is 2. The highest BCUT2D eigenvalue weighted by Gasteiger charge is 2.27. The van der Waals surface area contributed by atoms with Gasteiger partial charge in [0.05, 0.1) is 27.7 Å². The van der Waals surface area contributed by atoms with Crippen LogP contribution in [0.1, 0.15) is 284 Å². The van der Waals surface area contributed by atoms with Crippen molar-refractivity contribution in [2.24, 2.45) is 0 Å². The molecule has 0 heterocycles. The first-order valence-electron chi connectivity index (χ1n) is 33.6. The summed E-state index contributed by atoms with van der Waals surface area (Å²) >= 11 is 0. The Labute approximate surface area is 506 Å². The van der Waals surface area contributed by atoms with E-state index in [2.05, 4.69) is 123 Å². The summed E-state index contributed by atoms with van der Waals surface area (Å²) in [4.78, 5) is 35.8. The van der Waals surface area contributed by atoms with Crippen LogP contribution in [0.2, 0.25) is 0 Å². The van der Waals surface area contributed by atoms with Crippen molar-refractivity contribution in [1.82, 2.24) is 0 Å². The van der Waals surface area contributed by atoms with Crippen LogP contribution in [0.4, 0.5) is 0 Å². The third-order valence-electron chi connectivity index (χ3n) is 14.3. The minimum absolute atomic E-state index is 0.0242. The molecular formula is C72H127NO8P+. The molecule has 9 nitrogen and oxygen atoms in total. The fourth-order valence-corrected chi connectivity index (χ4v) is 9.95. The topological polar surface area (TPSA) is 108 Å². The Morgan fingerprint density at radius 3 is 0.976 bits per heavy atom. The van der Waals surface area contributed by atoms with Crippen LogP contribution < -0.4 is 0 Å². The third kappa shape index (κ3) is 65.8. The van der Waals surface area contributed by atoms with Gasteiger partial charge >= 0.3 is 19.8 Å². The van der Waals surface area contributed by atoms with E-state index in [1.165, 1.54) is 141 Å². The van der Waals surface area contributed by atoms with E-state index < -0.39 is 26.5 Å². The summed E-state index contributed by atoms with van der Waals surface area (Å²) in [6, 6.07) is 0. The number of hydrogen-bond donors (Lipinski definition) is 1. The lowest BCUT2D eigenvalue weighted by Gasteiger charge is -2.24. The number of unbranched alkanes of at least 4 members (excludes halogenated alkanes) is 29. The number of quaternary nitrogens is 1. The van der Waals surface area contributed by atoms with Gasteiger partial charge in [0.25, 0.3) is 0 Å². The second kappa shape index (κ2) is 62.2. The van der Waals surface area contributed by atoms with E-state index in [9.17, 15) is 19.0 Å². The second-order valence-electron chi connectivity index (χ2n) is 23.4. The molecular weight excluding hydrogens is 1040 g/mol. The number of allylic oxidation sites excluding steroid dienone is 18. The van der Waals surface area contributed by atoms with E-state index in [-0.39, 0.29) is 32.0 Å². The summed E-state index contributed by atoms with van der Waals surface area (Å²) in [5, 5.41) is 0. The van der Waals surface area contributed by atoms with E-state index >= 15 is 0 Å². The molecule has 82 heavy (non-hydrogen) atoms. The maximum Gasteiger partial charge on any atom is 0.472 e. The van der Waals surface area contributed by atoms with Crippen molar-refractivity contribution < 1.29 is 42.1 Å². The van der Waals surface area contributed by atoms with Crippen LogP contribution in [0.15, 0.2) is 109 Å². The fraction of sp³-hybridized carbons (Fsp3) is 0.722. The Hall–Kier alpha value is -3.33. The first kappa shape index (κ1) is 78.7. The maximum absolute atomic E-state index is 12.8. The predicted molar refractivity (Wildman–Crippen MR) is 353 cm³/mol. The highest BCUT2D eigenvalue weighted by Crippen LogP contribution is 2.43. The van der Waals surface area contributed by atoms with Crippen molar-refractivity contribution in [1.29, 1.82) is 0 Å². The molecule has 0 rings (SSSR count). The van der Waals surface area contributed by atoms with E-state index in [1.54, 1.807) is 0 Å². The molecule has 0 radical (unpaired) electrons. The monoisotopic (exact) mass is 1160 g/mol. The van der Waals surface area contributed by atoms with E-state index in [0.29, 0.717) is 17.4 Å². The molecule has 0 spiro atoms. The van der Waals surface area contributed by atoms with Crippen molar-refractivity contribution >= 4 is 19.8 Å². The van der Waals surface area contributed by atoms with Gasteiger partial charge in [0, 0.05) is 12.8 Å². The zero-order chi connectivity index (χ0) is 59.8. The average Bonchev–Trinajstić information content (AvgIpc) is 3.46. The van der Waals surface area contributed by atoms with Gasteiger partial charge in [0.2, 0.25) is 0 Å². The van der Waals surface area contributed by atoms with Gasteiger partial charge < -0.3 is 18.9 Å². The Bertz CT molecular complexity index is 1750. The highest BCUT2D eigenvalue weighted by molar-refractivity contribution is 7.47. The maximum atomic E-state index is 12.8. The summed E-state index contributed by atoms with van der Waals surface area (Å²) < 4.78 is 34.6. The van der Waals surface area contributed by atoms with Crippen LogP contribution in [0, 0.1) is 0 Å². The minimum atomic E-state index is -4.40. The van der Waals surface area contributed by atoms with Crippen molar-refractivity contribution in [2.45, 2.75) is 290 Å². The van der Waals surface area contributed by atoms with Crippen LogP contribution in [0.3, 0.4) is 0 Å². The van der Waals surface area contributed by atoms with Crippen molar-refractivity contribution in [3.8, 4) is 0 Å². The molecule has 0 bridgehead atoms. The molecule has 0 saturated carbocycles. The number of hydrogen-bond acceptors (Lipinski definition) is 7. The van der Waals surface area contributed by atoms with E-state index in [4.69, 9.17) is 18.5 Å². The third-order valence-corrected chi connectivity index (χ3v) is 15.3. The zero-order valence-electron chi connectivity index (χ0n) is 53.7. The van der Waals surface area contributed by atoms with Gasteiger partial charge in [-0.2, -0.15) is 0 Å². The molecule has 472 valence electrons. The lowest BCUT2D eigenvalue weighted by molar-refractivity contribution is -0.870. The number of esters is 2. The van der Waals surface area contributed by atoms with Crippen molar-refractivity contribution in [3.63, 3.8) is 0 Å². The number of carbonyl (C=O) groups excluding carboxylic acids is 2. The molecule has 0 aliphatic carbocycles. The molecule has 0 aromatic rings. The largest absolute Gasteiger partial charge is 0.472 e. The Morgan fingerprint density at radius 1 is 0.378 bits per heavy atom. The fourth-order valence-electron chi connectivity index (χ4n) is 9.21. The number of nitrogens with zero attached hydrogens (tertiary/aromatic N) is 1. The molecule has 10 heteroatoms. The molecule has 0 saturated heterocycles. The molecule has 0 fully saturated rings. The van der Waals surface area contributed by atoms with Crippen molar-refractivity contribution in [3.05, 3.63) is 109 Å². The normalized spacial score (nSPS) is 13.9. The highest BCUT2D eigenvalue weighted by atomic mass is 31.2. The lowest BCUT2D eigenvalue weighted by Crippen LogP contribution is -2.37. The van der Waals surface area contributed by atoms with Crippen LogP contribution in [-0.4, -0.2) is 74.9 Å². The number of phosphoric acid groups is 1. The molecule has 0 aliphatic rings. The molecule has 2 atom stereocenters. The van der Waals surface area contributed by atoms with E-state index in [0.717, 1.165) is 109 Å². The molecule has 2 unspecified atom stereocenters. The Kier molecular flexibility index (Phi) is 59.7. The minimum Gasteiger partial charge on any atom is -0.462 e. The number of phosphoric ester groups is 1. The van der Waals surface area contributed by atoms with Crippen LogP contribution in [0.25, 0.3) is 0 Å². The van der Waals surface area contributed by atoms with Crippen LogP contribution in [0.5, 0.6) is 0 Å². The second-order valence-corrected chi connectivity index (χ2v) is 24.9. The smallest absolute Gasteiger partial charge is 0.462 e. The van der Waals surface area contributed by atoms with Gasteiger partial charge in [0.15, 0.2) is 6.10 Å². The van der Waals surface area contributed by atoms with Gasteiger partial charge in [-0.1, -0.05) is 284 Å².